The molecule has 0 amide bonds. The monoisotopic (exact) mass is 460 g/mol. The number of imidazole rings is 1. The number of aromatic amines is 2. The molecule has 0 unspecified atom stereocenters. The number of pyridine rings is 1. The largest absolute Gasteiger partial charge is 0.323 e. The van der Waals surface area contributed by atoms with Crippen LogP contribution in [0, 0.1) is 5.82 Å². The first-order valence-corrected chi connectivity index (χ1v) is 10.3. The summed E-state index contributed by atoms with van der Waals surface area (Å²) >= 11 is 5.86. The fourth-order valence-corrected chi connectivity index (χ4v) is 3.95. The number of halogens is 2. The van der Waals surface area contributed by atoms with Crippen molar-refractivity contribution >= 4 is 33.7 Å². The Labute approximate surface area is 189 Å². The third-order valence-corrected chi connectivity index (χ3v) is 5.63. The zero-order valence-corrected chi connectivity index (χ0v) is 17.6. The molecule has 6 aromatic rings. The smallest absolute Gasteiger partial charge is 0.306 e. The van der Waals surface area contributed by atoms with Gasteiger partial charge in [0.15, 0.2) is 0 Å². The van der Waals surface area contributed by atoms with E-state index in [0.717, 1.165) is 11.2 Å². The Morgan fingerprint density at radius 1 is 1.03 bits per heavy atom. The normalized spacial score (nSPS) is 11.6. The second-order valence-corrected chi connectivity index (χ2v) is 7.91. The van der Waals surface area contributed by atoms with E-state index in [0.29, 0.717) is 38.5 Å². The number of H-pyrrole nitrogens is 2. The van der Waals surface area contributed by atoms with E-state index < -0.39 is 5.82 Å². The first-order valence-electron chi connectivity index (χ1n) is 9.95. The van der Waals surface area contributed by atoms with Crippen molar-refractivity contribution in [1.82, 2.24) is 39.7 Å². The molecular weight excluding hydrogens is 447 g/mol. The topological polar surface area (TPSA) is 110 Å². The van der Waals surface area contributed by atoms with E-state index in [1.165, 1.54) is 6.07 Å². The van der Waals surface area contributed by atoms with Crippen LogP contribution in [0.1, 0.15) is 5.56 Å². The molecule has 0 aliphatic carbocycles. The standard InChI is InChI=1S/C22H14ClFN8O/c23-13-2-1-12(15(24)7-13)11-31-20(5-6-26-31)18-9-21-19(10-25-18)29-30-32(21)14-3-4-16-17(8-14)28-22(33)27-16/h1-10H,11H2,(H2,27,28,33). The van der Waals surface area contributed by atoms with Crippen molar-refractivity contribution in [3.8, 4) is 17.1 Å². The first-order chi connectivity index (χ1) is 16.0. The van der Waals surface area contributed by atoms with Crippen LogP contribution < -0.4 is 5.69 Å². The highest BCUT2D eigenvalue weighted by molar-refractivity contribution is 6.30. The van der Waals surface area contributed by atoms with Gasteiger partial charge in [-0.15, -0.1) is 5.10 Å². The zero-order chi connectivity index (χ0) is 22.5. The lowest BCUT2D eigenvalue weighted by molar-refractivity contribution is 0.587. The summed E-state index contributed by atoms with van der Waals surface area (Å²) in [7, 11) is 0. The minimum Gasteiger partial charge on any atom is -0.306 e. The molecule has 33 heavy (non-hydrogen) atoms. The van der Waals surface area contributed by atoms with Gasteiger partial charge in [0.2, 0.25) is 0 Å². The van der Waals surface area contributed by atoms with Crippen molar-refractivity contribution in [2.24, 2.45) is 0 Å². The Hall–Kier alpha value is -4.31. The maximum atomic E-state index is 14.3. The summed E-state index contributed by atoms with van der Waals surface area (Å²) in [5, 5.41) is 13.1. The highest BCUT2D eigenvalue weighted by atomic mass is 35.5. The molecule has 11 heteroatoms. The van der Waals surface area contributed by atoms with Gasteiger partial charge in [0.25, 0.3) is 0 Å². The molecule has 6 rings (SSSR count). The van der Waals surface area contributed by atoms with Crippen LogP contribution >= 0.6 is 11.6 Å². The van der Waals surface area contributed by atoms with Crippen molar-refractivity contribution in [2.75, 3.05) is 0 Å². The minimum absolute atomic E-state index is 0.222. The molecule has 0 saturated carbocycles. The predicted molar refractivity (Wildman–Crippen MR) is 121 cm³/mol. The molecule has 0 atom stereocenters. The highest BCUT2D eigenvalue weighted by Gasteiger charge is 2.14. The first kappa shape index (κ1) is 19.4. The Balaban J connectivity index is 1.42. The number of aromatic nitrogens is 8. The van der Waals surface area contributed by atoms with E-state index in [2.05, 4.69) is 30.4 Å². The quantitative estimate of drug-likeness (QED) is 0.417. The molecule has 0 aliphatic rings. The van der Waals surface area contributed by atoms with Gasteiger partial charge in [-0.05, 0) is 42.5 Å². The van der Waals surface area contributed by atoms with Crippen molar-refractivity contribution in [1.29, 1.82) is 0 Å². The molecule has 0 aliphatic heterocycles. The molecule has 2 aromatic carbocycles. The Morgan fingerprint density at radius 3 is 2.79 bits per heavy atom. The molecule has 2 N–H and O–H groups in total. The molecule has 0 saturated heterocycles. The maximum absolute atomic E-state index is 14.3. The van der Waals surface area contributed by atoms with Gasteiger partial charge in [-0.2, -0.15) is 5.10 Å². The van der Waals surface area contributed by atoms with Crippen molar-refractivity contribution < 1.29 is 4.39 Å². The summed E-state index contributed by atoms with van der Waals surface area (Å²) in [5.74, 6) is -0.396. The fourth-order valence-electron chi connectivity index (χ4n) is 3.80. The van der Waals surface area contributed by atoms with E-state index >= 15 is 0 Å². The van der Waals surface area contributed by atoms with E-state index in [4.69, 9.17) is 11.6 Å². The van der Waals surface area contributed by atoms with Gasteiger partial charge < -0.3 is 9.97 Å². The highest BCUT2D eigenvalue weighted by Crippen LogP contribution is 2.25. The summed E-state index contributed by atoms with van der Waals surface area (Å²) in [6.45, 7) is 0.222. The second-order valence-electron chi connectivity index (χ2n) is 7.48. The minimum atomic E-state index is -0.396. The van der Waals surface area contributed by atoms with Gasteiger partial charge in [0, 0.05) is 16.8 Å². The molecule has 9 nitrogen and oxygen atoms in total. The molecule has 0 bridgehead atoms. The van der Waals surface area contributed by atoms with Crippen LogP contribution in [0.5, 0.6) is 0 Å². The van der Waals surface area contributed by atoms with Gasteiger partial charge in [-0.1, -0.05) is 22.9 Å². The van der Waals surface area contributed by atoms with Gasteiger partial charge in [0.05, 0.1) is 46.4 Å². The van der Waals surface area contributed by atoms with Crippen molar-refractivity contribution in [2.45, 2.75) is 6.54 Å². The number of rotatable bonds is 4. The van der Waals surface area contributed by atoms with E-state index in [1.807, 2.05) is 24.3 Å². The molecule has 0 radical (unpaired) electrons. The SMILES string of the molecule is O=c1[nH]c2ccc(-n3nnc4cnc(-c5ccnn5Cc5ccc(Cl)cc5F)cc43)cc2[nH]1. The second kappa shape index (κ2) is 7.38. The van der Waals surface area contributed by atoms with Crippen LogP contribution in [-0.4, -0.2) is 39.7 Å². The lowest BCUT2D eigenvalue weighted by Gasteiger charge is -2.09. The third-order valence-electron chi connectivity index (χ3n) is 5.39. The fraction of sp³-hybridized carbons (Fsp3) is 0.0455. The van der Waals surface area contributed by atoms with Crippen molar-refractivity contribution in [3.63, 3.8) is 0 Å². The molecular formula is C22H14ClFN8O. The molecule has 4 aromatic heterocycles. The van der Waals surface area contributed by atoms with E-state index in [9.17, 15) is 9.18 Å². The number of nitrogens with one attached hydrogen (secondary N) is 2. The Morgan fingerprint density at radius 2 is 1.91 bits per heavy atom. The van der Waals surface area contributed by atoms with Gasteiger partial charge >= 0.3 is 5.69 Å². The number of hydrogen-bond donors (Lipinski definition) is 2. The molecule has 0 fully saturated rings. The number of hydrogen-bond acceptors (Lipinski definition) is 5. The summed E-state index contributed by atoms with van der Waals surface area (Å²) < 4.78 is 17.7. The van der Waals surface area contributed by atoms with E-state index in [1.54, 1.807) is 40.0 Å². The molecule has 0 spiro atoms. The zero-order valence-electron chi connectivity index (χ0n) is 16.8. The van der Waals surface area contributed by atoms with Gasteiger partial charge in [-0.25, -0.2) is 13.9 Å². The molecule has 162 valence electrons. The van der Waals surface area contributed by atoms with Crippen LogP contribution in [0.3, 0.4) is 0 Å². The van der Waals surface area contributed by atoms with Crippen LogP contribution in [0.4, 0.5) is 4.39 Å². The maximum Gasteiger partial charge on any atom is 0.323 e. The summed E-state index contributed by atoms with van der Waals surface area (Å²) in [4.78, 5) is 21.6. The lowest BCUT2D eigenvalue weighted by Crippen LogP contribution is -2.06. The third kappa shape index (κ3) is 3.37. The lowest BCUT2D eigenvalue weighted by atomic mass is 10.2. The van der Waals surface area contributed by atoms with Crippen LogP contribution in [-0.2, 0) is 6.54 Å². The number of fused-ring (bicyclic) bond motifs is 2. The summed E-state index contributed by atoms with van der Waals surface area (Å²) in [5.41, 5.74) is 4.97. The Kier molecular flexibility index (Phi) is 4.34. The number of benzene rings is 2. The van der Waals surface area contributed by atoms with Crippen LogP contribution in [0.2, 0.25) is 5.02 Å². The average Bonchev–Trinajstić information content (AvgIpc) is 3.52. The number of nitrogens with zero attached hydrogens (tertiary/aromatic N) is 6. The summed E-state index contributed by atoms with van der Waals surface area (Å²) in [6.07, 6.45) is 3.27. The van der Waals surface area contributed by atoms with Crippen LogP contribution in [0.25, 0.3) is 39.1 Å². The van der Waals surface area contributed by atoms with Gasteiger partial charge in [0.1, 0.15) is 11.3 Å². The Bertz CT molecular complexity index is 1710. The molecule has 4 heterocycles. The average molecular weight is 461 g/mol. The van der Waals surface area contributed by atoms with Gasteiger partial charge in [-0.3, -0.25) is 9.67 Å². The summed E-state index contributed by atoms with van der Waals surface area (Å²) in [6, 6.07) is 13.7. The van der Waals surface area contributed by atoms with Crippen LogP contribution in [0.15, 0.2) is 65.7 Å². The predicted octanol–water partition coefficient (Wildman–Crippen LogP) is 3.69. The van der Waals surface area contributed by atoms with E-state index in [-0.39, 0.29) is 12.2 Å². The van der Waals surface area contributed by atoms with Crippen molar-refractivity contribution in [3.05, 3.63) is 87.8 Å².